The predicted molar refractivity (Wildman–Crippen MR) is 96.6 cm³/mol. The first-order valence-electron chi connectivity index (χ1n) is 8.65. The molecule has 2 fully saturated rings. The molecule has 0 atom stereocenters. The number of morpholine rings is 2. The molecule has 2 aliphatic heterocycles. The lowest BCUT2D eigenvalue weighted by atomic mass is 10.1. The van der Waals surface area contributed by atoms with E-state index in [9.17, 15) is 13.2 Å². The number of hydrogen-bond donors (Lipinski definition) is 1. The smallest absolute Gasteiger partial charge is 0.321 e. The Morgan fingerprint density at radius 1 is 1.04 bits per heavy atom. The maximum Gasteiger partial charge on any atom is 0.321 e. The van der Waals surface area contributed by atoms with Crippen molar-refractivity contribution in [1.82, 2.24) is 9.21 Å². The van der Waals surface area contributed by atoms with Gasteiger partial charge in [0.15, 0.2) is 0 Å². The number of benzene rings is 1. The van der Waals surface area contributed by atoms with E-state index in [1.165, 1.54) is 16.4 Å². The molecule has 0 unspecified atom stereocenters. The number of anilines is 1. The summed E-state index contributed by atoms with van der Waals surface area (Å²) in [6.07, 6.45) is 0. The van der Waals surface area contributed by atoms with E-state index in [-0.39, 0.29) is 10.9 Å². The highest BCUT2D eigenvalue weighted by molar-refractivity contribution is 7.89. The van der Waals surface area contributed by atoms with Gasteiger partial charge in [-0.3, -0.25) is 0 Å². The Balaban J connectivity index is 1.71. The van der Waals surface area contributed by atoms with Crippen molar-refractivity contribution < 1.29 is 22.7 Å². The summed E-state index contributed by atoms with van der Waals surface area (Å²) in [5.74, 6) is 0. The lowest BCUT2D eigenvalue weighted by Crippen LogP contribution is -2.55. The molecule has 1 aromatic rings. The van der Waals surface area contributed by atoms with Crippen LogP contribution < -0.4 is 5.32 Å². The molecule has 2 aliphatic rings. The standard InChI is InChI=1S/C17H25N3O5S/c1-17(2)13-25-12-9-20(17)26(22,23)15-5-3-14(4-6-15)18-16(21)19-7-10-24-11-8-19/h3-6H,7-13H2,1-2H3,(H,18,21). The number of amides is 2. The van der Waals surface area contributed by atoms with Crippen molar-refractivity contribution in [2.75, 3.05) is 51.4 Å². The second-order valence-electron chi connectivity index (χ2n) is 7.00. The van der Waals surface area contributed by atoms with Crippen LogP contribution in [-0.4, -0.2) is 75.3 Å². The fourth-order valence-electron chi connectivity index (χ4n) is 3.10. The third-order valence-electron chi connectivity index (χ3n) is 4.56. The van der Waals surface area contributed by atoms with Gasteiger partial charge in [-0.2, -0.15) is 4.31 Å². The molecule has 2 heterocycles. The number of carbonyl (C=O) groups is 1. The third kappa shape index (κ3) is 4.01. The number of nitrogens with one attached hydrogen (secondary N) is 1. The molecule has 1 aromatic carbocycles. The highest BCUT2D eigenvalue weighted by Crippen LogP contribution is 2.28. The van der Waals surface area contributed by atoms with Crippen molar-refractivity contribution in [1.29, 1.82) is 0 Å². The zero-order valence-electron chi connectivity index (χ0n) is 15.1. The van der Waals surface area contributed by atoms with Crippen LogP contribution in [0, 0.1) is 0 Å². The van der Waals surface area contributed by atoms with E-state index in [1.807, 2.05) is 13.8 Å². The van der Waals surface area contributed by atoms with Crippen LogP contribution in [0.3, 0.4) is 0 Å². The first-order chi connectivity index (χ1) is 12.3. The molecule has 9 heteroatoms. The average Bonchev–Trinajstić information content (AvgIpc) is 2.62. The fourth-order valence-corrected chi connectivity index (χ4v) is 4.85. The fraction of sp³-hybridized carbons (Fsp3) is 0.588. The summed E-state index contributed by atoms with van der Waals surface area (Å²) in [4.78, 5) is 14.1. The van der Waals surface area contributed by atoms with Gasteiger partial charge in [0.1, 0.15) is 0 Å². The Hall–Kier alpha value is -1.68. The molecule has 8 nitrogen and oxygen atoms in total. The zero-order valence-corrected chi connectivity index (χ0v) is 15.9. The van der Waals surface area contributed by atoms with Crippen molar-refractivity contribution in [2.24, 2.45) is 0 Å². The molecule has 0 saturated carbocycles. The number of carbonyl (C=O) groups excluding carboxylic acids is 1. The maximum absolute atomic E-state index is 12.9. The summed E-state index contributed by atoms with van der Waals surface area (Å²) in [6, 6.07) is 6.06. The highest BCUT2D eigenvalue weighted by atomic mass is 32.2. The Kier molecular flexibility index (Phi) is 5.52. The van der Waals surface area contributed by atoms with Crippen LogP contribution in [0.25, 0.3) is 0 Å². The van der Waals surface area contributed by atoms with Crippen molar-refractivity contribution >= 4 is 21.7 Å². The Morgan fingerprint density at radius 3 is 2.27 bits per heavy atom. The van der Waals surface area contributed by atoms with Crippen molar-refractivity contribution in [2.45, 2.75) is 24.3 Å². The van der Waals surface area contributed by atoms with Gasteiger partial charge in [0.2, 0.25) is 10.0 Å². The molecule has 2 saturated heterocycles. The lowest BCUT2D eigenvalue weighted by Gasteiger charge is -2.40. The normalized spacial score (nSPS) is 21.4. The topological polar surface area (TPSA) is 88.2 Å². The molecule has 2 amide bonds. The molecule has 0 bridgehead atoms. The van der Waals surface area contributed by atoms with Gasteiger partial charge in [0.05, 0.1) is 36.9 Å². The van der Waals surface area contributed by atoms with Crippen molar-refractivity contribution in [3.63, 3.8) is 0 Å². The Labute approximate surface area is 154 Å². The number of ether oxygens (including phenoxy) is 2. The van der Waals surface area contributed by atoms with Crippen LogP contribution in [0.5, 0.6) is 0 Å². The maximum atomic E-state index is 12.9. The van der Waals surface area contributed by atoms with Crippen LogP contribution in [-0.2, 0) is 19.5 Å². The number of hydrogen-bond acceptors (Lipinski definition) is 5. The van der Waals surface area contributed by atoms with Gasteiger partial charge in [-0.15, -0.1) is 0 Å². The van der Waals surface area contributed by atoms with E-state index in [0.29, 0.717) is 51.7 Å². The quantitative estimate of drug-likeness (QED) is 0.851. The van der Waals surface area contributed by atoms with Gasteiger partial charge in [-0.05, 0) is 38.1 Å². The second kappa shape index (κ2) is 7.51. The van der Waals surface area contributed by atoms with Gasteiger partial charge in [0.25, 0.3) is 0 Å². The van der Waals surface area contributed by atoms with Crippen LogP contribution in [0.1, 0.15) is 13.8 Å². The van der Waals surface area contributed by atoms with E-state index >= 15 is 0 Å². The SMILES string of the molecule is CC1(C)COCCN1S(=O)(=O)c1ccc(NC(=O)N2CCOCC2)cc1. The summed E-state index contributed by atoms with van der Waals surface area (Å²) >= 11 is 0. The molecular formula is C17H25N3O5S. The molecule has 26 heavy (non-hydrogen) atoms. The zero-order chi connectivity index (χ0) is 18.8. The third-order valence-corrected chi connectivity index (χ3v) is 6.69. The average molecular weight is 383 g/mol. The summed E-state index contributed by atoms with van der Waals surface area (Å²) in [5, 5.41) is 2.79. The molecule has 0 radical (unpaired) electrons. The monoisotopic (exact) mass is 383 g/mol. The van der Waals surface area contributed by atoms with E-state index in [2.05, 4.69) is 5.32 Å². The van der Waals surface area contributed by atoms with E-state index in [1.54, 1.807) is 17.0 Å². The Morgan fingerprint density at radius 2 is 1.65 bits per heavy atom. The van der Waals surface area contributed by atoms with Crippen molar-refractivity contribution in [3.05, 3.63) is 24.3 Å². The van der Waals surface area contributed by atoms with Crippen molar-refractivity contribution in [3.8, 4) is 0 Å². The van der Waals surface area contributed by atoms with Gasteiger partial charge in [0, 0.05) is 25.3 Å². The lowest BCUT2D eigenvalue weighted by molar-refractivity contribution is -0.00770. The van der Waals surface area contributed by atoms with Crippen LogP contribution >= 0.6 is 0 Å². The number of nitrogens with zero attached hydrogens (tertiary/aromatic N) is 2. The molecule has 1 N–H and O–H groups in total. The first kappa shape index (κ1) is 19.1. The molecule has 0 aliphatic carbocycles. The second-order valence-corrected chi connectivity index (χ2v) is 8.86. The summed E-state index contributed by atoms with van der Waals surface area (Å²) in [5.41, 5.74) is -0.0398. The summed E-state index contributed by atoms with van der Waals surface area (Å²) < 4.78 is 38.0. The number of sulfonamides is 1. The molecule has 0 spiro atoms. The minimum Gasteiger partial charge on any atom is -0.378 e. The van der Waals surface area contributed by atoms with Gasteiger partial charge in [-0.25, -0.2) is 13.2 Å². The first-order valence-corrected chi connectivity index (χ1v) is 10.1. The van der Waals surface area contributed by atoms with Gasteiger partial charge < -0.3 is 19.7 Å². The summed E-state index contributed by atoms with van der Waals surface area (Å²) in [7, 11) is -3.62. The molecule has 144 valence electrons. The van der Waals surface area contributed by atoms with Crippen LogP contribution in [0.2, 0.25) is 0 Å². The molecule has 3 rings (SSSR count). The van der Waals surface area contributed by atoms with Crippen LogP contribution in [0.15, 0.2) is 29.2 Å². The largest absolute Gasteiger partial charge is 0.378 e. The highest BCUT2D eigenvalue weighted by Gasteiger charge is 2.39. The molecule has 0 aromatic heterocycles. The van der Waals surface area contributed by atoms with E-state index in [4.69, 9.17) is 9.47 Å². The predicted octanol–water partition coefficient (Wildman–Crippen LogP) is 1.35. The van der Waals surface area contributed by atoms with Gasteiger partial charge >= 0.3 is 6.03 Å². The summed E-state index contributed by atoms with van der Waals surface area (Å²) in [6.45, 7) is 6.91. The molecular weight excluding hydrogens is 358 g/mol. The van der Waals surface area contributed by atoms with E-state index < -0.39 is 15.6 Å². The number of rotatable bonds is 3. The van der Waals surface area contributed by atoms with Gasteiger partial charge in [-0.1, -0.05) is 0 Å². The van der Waals surface area contributed by atoms with Crippen LogP contribution in [0.4, 0.5) is 10.5 Å². The number of urea groups is 1. The minimum absolute atomic E-state index is 0.205. The minimum atomic E-state index is -3.62. The van der Waals surface area contributed by atoms with E-state index in [0.717, 1.165) is 0 Å². The Bertz CT molecular complexity index is 742.